The van der Waals surface area contributed by atoms with Gasteiger partial charge in [0.15, 0.2) is 0 Å². The van der Waals surface area contributed by atoms with Crippen LogP contribution >= 0.6 is 15.9 Å². The Morgan fingerprint density at radius 2 is 1.74 bits per heavy atom. The molecule has 0 aliphatic carbocycles. The fourth-order valence-electron chi connectivity index (χ4n) is 2.05. The second-order valence-corrected chi connectivity index (χ2v) is 5.80. The van der Waals surface area contributed by atoms with Gasteiger partial charge in [0.2, 0.25) is 0 Å². The smallest absolute Gasteiger partial charge is 0.256 e. The van der Waals surface area contributed by atoms with Crippen molar-refractivity contribution in [2.45, 2.75) is 0 Å². The van der Waals surface area contributed by atoms with Crippen LogP contribution < -0.4 is 10.6 Å². The maximum absolute atomic E-state index is 12.2. The minimum atomic E-state index is -0.192. The lowest BCUT2D eigenvalue weighted by Gasteiger charge is -2.08. The van der Waals surface area contributed by atoms with E-state index in [-0.39, 0.29) is 5.91 Å². The zero-order valence-electron chi connectivity index (χ0n) is 12.2. The Kier molecular flexibility index (Phi) is 4.68. The highest BCUT2D eigenvalue weighted by molar-refractivity contribution is 9.10. The Labute approximate surface area is 142 Å². The molecule has 1 aromatic heterocycles. The summed E-state index contributed by atoms with van der Waals surface area (Å²) >= 11 is 3.35. The lowest BCUT2D eigenvalue weighted by Crippen LogP contribution is -2.12. The molecule has 0 fully saturated rings. The molecule has 3 rings (SSSR count). The van der Waals surface area contributed by atoms with Crippen LogP contribution in [0.2, 0.25) is 0 Å². The van der Waals surface area contributed by atoms with E-state index >= 15 is 0 Å². The Morgan fingerprint density at radius 3 is 2.43 bits per heavy atom. The van der Waals surface area contributed by atoms with Crippen LogP contribution in [0.1, 0.15) is 10.4 Å². The molecule has 23 heavy (non-hydrogen) atoms. The maximum Gasteiger partial charge on any atom is 0.256 e. The number of pyridine rings is 1. The van der Waals surface area contributed by atoms with Gasteiger partial charge in [-0.1, -0.05) is 40.2 Å². The van der Waals surface area contributed by atoms with Crippen molar-refractivity contribution in [2.24, 2.45) is 0 Å². The number of hydrogen-bond donors (Lipinski definition) is 2. The normalized spacial score (nSPS) is 10.1. The molecular formula is C18H14BrN3O. The molecular weight excluding hydrogens is 354 g/mol. The Balaban J connectivity index is 1.67. The highest BCUT2D eigenvalue weighted by Gasteiger charge is 2.07. The topological polar surface area (TPSA) is 54.0 Å². The van der Waals surface area contributed by atoms with E-state index in [0.717, 1.165) is 15.8 Å². The van der Waals surface area contributed by atoms with Gasteiger partial charge in [-0.05, 0) is 42.5 Å². The van der Waals surface area contributed by atoms with Gasteiger partial charge in [-0.3, -0.25) is 4.79 Å². The van der Waals surface area contributed by atoms with E-state index in [0.29, 0.717) is 11.4 Å². The fraction of sp³-hybridized carbons (Fsp3) is 0. The average Bonchev–Trinajstić information content (AvgIpc) is 2.57. The van der Waals surface area contributed by atoms with Crippen LogP contribution in [0.3, 0.4) is 0 Å². The van der Waals surface area contributed by atoms with E-state index in [9.17, 15) is 4.79 Å². The predicted octanol–water partition coefficient (Wildman–Crippen LogP) is 4.84. The second kappa shape index (κ2) is 7.07. The molecule has 0 bridgehead atoms. The van der Waals surface area contributed by atoms with E-state index in [1.54, 1.807) is 24.4 Å². The number of hydrogen-bond acceptors (Lipinski definition) is 3. The summed E-state index contributed by atoms with van der Waals surface area (Å²) in [5, 5.41) is 6.02. The molecule has 0 radical (unpaired) electrons. The van der Waals surface area contributed by atoms with Gasteiger partial charge < -0.3 is 10.6 Å². The third-order valence-corrected chi connectivity index (χ3v) is 3.65. The summed E-state index contributed by atoms with van der Waals surface area (Å²) in [6.07, 6.45) is 1.68. The van der Waals surface area contributed by atoms with Gasteiger partial charge in [-0.25, -0.2) is 4.98 Å². The van der Waals surface area contributed by atoms with Crippen LogP contribution in [-0.4, -0.2) is 10.9 Å². The predicted molar refractivity (Wildman–Crippen MR) is 96.1 cm³/mol. The summed E-state index contributed by atoms with van der Waals surface area (Å²) in [4.78, 5) is 16.4. The average molecular weight is 368 g/mol. The van der Waals surface area contributed by atoms with Crippen LogP contribution in [-0.2, 0) is 0 Å². The molecule has 1 heterocycles. The molecule has 0 aliphatic rings. The second-order valence-electron chi connectivity index (χ2n) is 4.89. The fourth-order valence-corrected chi connectivity index (χ4v) is 2.45. The number of rotatable bonds is 4. The van der Waals surface area contributed by atoms with Crippen molar-refractivity contribution >= 4 is 39.0 Å². The lowest BCUT2D eigenvalue weighted by molar-refractivity contribution is 0.102. The van der Waals surface area contributed by atoms with Crippen molar-refractivity contribution in [3.63, 3.8) is 0 Å². The molecule has 0 saturated carbocycles. The summed E-state index contributed by atoms with van der Waals surface area (Å²) < 4.78 is 0.862. The van der Waals surface area contributed by atoms with E-state index in [2.05, 4.69) is 31.5 Å². The van der Waals surface area contributed by atoms with Crippen LogP contribution in [0, 0.1) is 0 Å². The molecule has 1 amide bonds. The zero-order valence-corrected chi connectivity index (χ0v) is 13.7. The molecule has 0 aliphatic heterocycles. The van der Waals surface area contributed by atoms with Gasteiger partial charge in [0, 0.05) is 15.7 Å². The highest BCUT2D eigenvalue weighted by Crippen LogP contribution is 2.17. The van der Waals surface area contributed by atoms with Gasteiger partial charge in [0.05, 0.1) is 11.9 Å². The van der Waals surface area contributed by atoms with Crippen molar-refractivity contribution in [1.82, 2.24) is 4.98 Å². The molecule has 0 saturated heterocycles. The first-order valence-electron chi connectivity index (χ1n) is 7.06. The van der Waals surface area contributed by atoms with Gasteiger partial charge in [0.25, 0.3) is 5.91 Å². The van der Waals surface area contributed by atoms with Crippen molar-refractivity contribution < 1.29 is 4.79 Å². The summed E-state index contributed by atoms with van der Waals surface area (Å²) in [5.41, 5.74) is 2.42. The highest BCUT2D eigenvalue weighted by atomic mass is 79.9. The van der Waals surface area contributed by atoms with Crippen LogP contribution in [0.25, 0.3) is 0 Å². The third-order valence-electron chi connectivity index (χ3n) is 3.15. The first-order valence-corrected chi connectivity index (χ1v) is 7.85. The third kappa shape index (κ3) is 4.17. The molecule has 2 N–H and O–H groups in total. The van der Waals surface area contributed by atoms with Gasteiger partial charge in [-0.2, -0.15) is 0 Å². The Bertz CT molecular complexity index is 804. The Hall–Kier alpha value is -2.66. The Morgan fingerprint density at radius 1 is 0.913 bits per heavy atom. The first kappa shape index (κ1) is 15.2. The quantitative estimate of drug-likeness (QED) is 0.693. The van der Waals surface area contributed by atoms with Crippen molar-refractivity contribution in [2.75, 3.05) is 10.6 Å². The summed E-state index contributed by atoms with van der Waals surface area (Å²) in [6.45, 7) is 0. The SMILES string of the molecule is O=C(Nc1ccc(Nc2ccccc2)cn1)c1cccc(Br)c1. The van der Waals surface area contributed by atoms with Gasteiger partial charge >= 0.3 is 0 Å². The maximum atomic E-state index is 12.2. The number of carbonyl (C=O) groups is 1. The van der Waals surface area contributed by atoms with Crippen LogP contribution in [0.5, 0.6) is 0 Å². The number of benzene rings is 2. The monoisotopic (exact) mass is 367 g/mol. The standard InChI is InChI=1S/C18H14BrN3O/c19-14-6-4-5-13(11-14)18(23)22-17-10-9-16(12-20-17)21-15-7-2-1-3-8-15/h1-12,21H,(H,20,22,23). The van der Waals surface area contributed by atoms with E-state index in [1.807, 2.05) is 48.5 Å². The molecule has 0 spiro atoms. The lowest BCUT2D eigenvalue weighted by atomic mass is 10.2. The van der Waals surface area contributed by atoms with Crippen LogP contribution in [0.15, 0.2) is 77.4 Å². The zero-order chi connectivity index (χ0) is 16.1. The van der Waals surface area contributed by atoms with Crippen molar-refractivity contribution in [3.8, 4) is 0 Å². The first-order chi connectivity index (χ1) is 11.2. The van der Waals surface area contributed by atoms with Crippen LogP contribution in [0.4, 0.5) is 17.2 Å². The summed E-state index contributed by atoms with van der Waals surface area (Å²) in [7, 11) is 0. The molecule has 0 unspecified atom stereocenters. The molecule has 5 heteroatoms. The number of amides is 1. The van der Waals surface area contributed by atoms with E-state index in [4.69, 9.17) is 0 Å². The summed E-state index contributed by atoms with van der Waals surface area (Å²) in [5.74, 6) is 0.316. The number of para-hydroxylation sites is 1. The largest absolute Gasteiger partial charge is 0.354 e. The number of nitrogens with zero attached hydrogens (tertiary/aromatic N) is 1. The number of aromatic nitrogens is 1. The van der Waals surface area contributed by atoms with Crippen molar-refractivity contribution in [1.29, 1.82) is 0 Å². The molecule has 0 atom stereocenters. The number of anilines is 3. The number of halogens is 1. The number of nitrogens with one attached hydrogen (secondary N) is 2. The molecule has 114 valence electrons. The number of carbonyl (C=O) groups excluding carboxylic acids is 1. The molecule has 2 aromatic carbocycles. The molecule has 4 nitrogen and oxygen atoms in total. The van der Waals surface area contributed by atoms with E-state index < -0.39 is 0 Å². The summed E-state index contributed by atoms with van der Waals surface area (Å²) in [6, 6.07) is 20.7. The van der Waals surface area contributed by atoms with Gasteiger partial charge in [-0.15, -0.1) is 0 Å². The van der Waals surface area contributed by atoms with Crippen molar-refractivity contribution in [3.05, 3.63) is 83.0 Å². The minimum absolute atomic E-state index is 0.192. The molecule has 3 aromatic rings. The minimum Gasteiger partial charge on any atom is -0.354 e. The van der Waals surface area contributed by atoms with E-state index in [1.165, 1.54) is 0 Å². The van der Waals surface area contributed by atoms with Gasteiger partial charge in [0.1, 0.15) is 5.82 Å².